The summed E-state index contributed by atoms with van der Waals surface area (Å²) in [5.41, 5.74) is 2.88. The van der Waals surface area contributed by atoms with Gasteiger partial charge in [-0.1, -0.05) is 17.2 Å². The van der Waals surface area contributed by atoms with Crippen molar-refractivity contribution >= 4 is 5.91 Å². The molecule has 2 rings (SSSR count). The van der Waals surface area contributed by atoms with Gasteiger partial charge in [0.25, 0.3) is 5.91 Å². The molecule has 0 aromatic heterocycles. The zero-order chi connectivity index (χ0) is 14.0. The summed E-state index contributed by atoms with van der Waals surface area (Å²) in [7, 11) is 0. The van der Waals surface area contributed by atoms with Crippen molar-refractivity contribution in [3.8, 4) is 0 Å². The molecule has 1 aromatic carbocycles. The number of aliphatic hydroxyl groups is 1. The summed E-state index contributed by atoms with van der Waals surface area (Å²) in [6.45, 7) is 6.87. The van der Waals surface area contributed by atoms with Crippen LogP contribution in [0, 0.1) is 13.8 Å². The quantitative estimate of drug-likeness (QED) is 0.880. The predicted molar refractivity (Wildman–Crippen MR) is 73.2 cm³/mol. The van der Waals surface area contributed by atoms with Crippen LogP contribution < -0.4 is 0 Å². The molecule has 4 heteroatoms. The third-order valence-corrected chi connectivity index (χ3v) is 3.29. The van der Waals surface area contributed by atoms with Crippen LogP contribution in [0.5, 0.6) is 0 Å². The van der Waals surface area contributed by atoms with Crippen LogP contribution >= 0.6 is 0 Å². The van der Waals surface area contributed by atoms with Crippen molar-refractivity contribution in [2.75, 3.05) is 19.7 Å². The van der Waals surface area contributed by atoms with E-state index in [0.29, 0.717) is 18.7 Å². The number of benzene rings is 1. The summed E-state index contributed by atoms with van der Waals surface area (Å²) in [6.07, 6.45) is -0.320. The molecule has 1 aromatic rings. The number of ether oxygens (including phenoxy) is 1. The van der Waals surface area contributed by atoms with Crippen LogP contribution in [-0.4, -0.2) is 47.8 Å². The molecule has 19 heavy (non-hydrogen) atoms. The molecule has 2 unspecified atom stereocenters. The molecule has 1 amide bonds. The summed E-state index contributed by atoms with van der Waals surface area (Å²) in [5, 5.41) is 9.20. The summed E-state index contributed by atoms with van der Waals surface area (Å²) in [6, 6.07) is 5.86. The third kappa shape index (κ3) is 3.33. The summed E-state index contributed by atoms with van der Waals surface area (Å²) in [5.74, 6) is 0.0143. The zero-order valence-corrected chi connectivity index (χ0v) is 11.7. The van der Waals surface area contributed by atoms with Crippen LogP contribution in [0.3, 0.4) is 0 Å². The van der Waals surface area contributed by atoms with Crippen LogP contribution in [0.1, 0.15) is 28.4 Å². The van der Waals surface area contributed by atoms with Gasteiger partial charge in [0.2, 0.25) is 0 Å². The van der Waals surface area contributed by atoms with E-state index >= 15 is 0 Å². The van der Waals surface area contributed by atoms with Crippen LogP contribution in [0.2, 0.25) is 0 Å². The van der Waals surface area contributed by atoms with Crippen molar-refractivity contribution in [1.29, 1.82) is 0 Å². The monoisotopic (exact) mass is 263 g/mol. The summed E-state index contributed by atoms with van der Waals surface area (Å²) >= 11 is 0. The lowest BCUT2D eigenvalue weighted by atomic mass is 10.1. The van der Waals surface area contributed by atoms with Crippen molar-refractivity contribution in [2.45, 2.75) is 33.0 Å². The first-order chi connectivity index (χ1) is 8.99. The van der Waals surface area contributed by atoms with E-state index in [1.807, 2.05) is 32.9 Å². The van der Waals surface area contributed by atoms with E-state index in [2.05, 4.69) is 6.07 Å². The maximum absolute atomic E-state index is 12.5. The standard InChI is InChI=1S/C15H21NO3/c1-10-4-11(2)6-13(5-10)15(18)16-7-12(3)19-14(8-16)9-17/h4-6,12,14,17H,7-9H2,1-3H3. The number of aryl methyl sites for hydroxylation is 2. The van der Waals surface area contributed by atoms with E-state index in [-0.39, 0.29) is 24.7 Å². The van der Waals surface area contributed by atoms with Gasteiger partial charge in [0.15, 0.2) is 0 Å². The SMILES string of the molecule is Cc1cc(C)cc(C(=O)N2CC(C)OC(CO)C2)c1. The molecule has 0 spiro atoms. The first-order valence-electron chi connectivity index (χ1n) is 6.63. The lowest BCUT2D eigenvalue weighted by Crippen LogP contribution is -2.50. The fourth-order valence-corrected chi connectivity index (χ4v) is 2.59. The topological polar surface area (TPSA) is 49.8 Å². The maximum Gasteiger partial charge on any atom is 0.254 e. The van der Waals surface area contributed by atoms with Crippen LogP contribution in [0.25, 0.3) is 0 Å². The lowest BCUT2D eigenvalue weighted by Gasteiger charge is -2.36. The van der Waals surface area contributed by atoms with Crippen molar-refractivity contribution in [3.63, 3.8) is 0 Å². The Morgan fingerprint density at radius 2 is 1.95 bits per heavy atom. The Morgan fingerprint density at radius 1 is 1.32 bits per heavy atom. The van der Waals surface area contributed by atoms with Gasteiger partial charge < -0.3 is 14.7 Å². The number of carbonyl (C=O) groups excluding carboxylic acids is 1. The number of hydrogen-bond acceptors (Lipinski definition) is 3. The Labute approximate surface area is 114 Å². The average Bonchev–Trinajstić information content (AvgIpc) is 2.35. The molecule has 4 nitrogen and oxygen atoms in total. The number of hydrogen-bond donors (Lipinski definition) is 1. The second kappa shape index (κ2) is 5.72. The minimum atomic E-state index is -0.279. The van der Waals surface area contributed by atoms with Gasteiger partial charge in [0.1, 0.15) is 0 Å². The lowest BCUT2D eigenvalue weighted by molar-refractivity contribution is -0.0858. The van der Waals surface area contributed by atoms with Gasteiger partial charge in [-0.05, 0) is 32.9 Å². The molecule has 1 aliphatic heterocycles. The van der Waals surface area contributed by atoms with E-state index in [9.17, 15) is 9.90 Å². The van der Waals surface area contributed by atoms with E-state index < -0.39 is 0 Å². The van der Waals surface area contributed by atoms with Crippen molar-refractivity contribution in [3.05, 3.63) is 34.9 Å². The molecule has 0 radical (unpaired) electrons. The Morgan fingerprint density at radius 3 is 2.53 bits per heavy atom. The number of nitrogens with zero attached hydrogens (tertiary/aromatic N) is 1. The molecule has 1 fully saturated rings. The Balaban J connectivity index is 2.18. The molecule has 1 heterocycles. The van der Waals surface area contributed by atoms with Gasteiger partial charge >= 0.3 is 0 Å². The van der Waals surface area contributed by atoms with Gasteiger partial charge in [0.05, 0.1) is 18.8 Å². The number of carbonyl (C=O) groups is 1. The highest BCUT2D eigenvalue weighted by Gasteiger charge is 2.28. The molecule has 0 bridgehead atoms. The van der Waals surface area contributed by atoms with E-state index in [1.54, 1.807) is 4.90 Å². The molecule has 1 saturated heterocycles. The van der Waals surface area contributed by atoms with Crippen molar-refractivity contribution < 1.29 is 14.6 Å². The minimum Gasteiger partial charge on any atom is -0.394 e. The number of morpholine rings is 1. The molecule has 1 aliphatic rings. The predicted octanol–water partition coefficient (Wildman–Crippen LogP) is 1.53. The molecule has 0 saturated carbocycles. The highest BCUT2D eigenvalue weighted by atomic mass is 16.5. The minimum absolute atomic E-state index is 0.0143. The average molecular weight is 263 g/mol. The fraction of sp³-hybridized carbons (Fsp3) is 0.533. The maximum atomic E-state index is 12.5. The van der Waals surface area contributed by atoms with Gasteiger partial charge in [-0.15, -0.1) is 0 Å². The number of amides is 1. The second-order valence-electron chi connectivity index (χ2n) is 5.34. The van der Waals surface area contributed by atoms with Crippen LogP contribution in [-0.2, 0) is 4.74 Å². The molecule has 0 aliphatic carbocycles. The summed E-state index contributed by atoms with van der Waals surface area (Å²) < 4.78 is 5.56. The van der Waals surface area contributed by atoms with Crippen LogP contribution in [0.4, 0.5) is 0 Å². The molecule has 104 valence electrons. The van der Waals surface area contributed by atoms with Crippen molar-refractivity contribution in [2.24, 2.45) is 0 Å². The van der Waals surface area contributed by atoms with E-state index in [4.69, 9.17) is 4.74 Å². The molecule has 2 atom stereocenters. The Hall–Kier alpha value is -1.39. The van der Waals surface area contributed by atoms with Gasteiger partial charge in [-0.2, -0.15) is 0 Å². The second-order valence-corrected chi connectivity index (χ2v) is 5.34. The van der Waals surface area contributed by atoms with Gasteiger partial charge in [0, 0.05) is 18.7 Å². The highest BCUT2D eigenvalue weighted by molar-refractivity contribution is 5.94. The first kappa shape index (κ1) is 14.0. The summed E-state index contributed by atoms with van der Waals surface area (Å²) in [4.78, 5) is 14.3. The van der Waals surface area contributed by atoms with Gasteiger partial charge in [-0.25, -0.2) is 0 Å². The number of rotatable bonds is 2. The largest absolute Gasteiger partial charge is 0.394 e. The smallest absolute Gasteiger partial charge is 0.254 e. The molecular formula is C15H21NO3. The zero-order valence-electron chi connectivity index (χ0n) is 11.7. The Kier molecular flexibility index (Phi) is 4.22. The first-order valence-corrected chi connectivity index (χ1v) is 6.63. The highest BCUT2D eigenvalue weighted by Crippen LogP contribution is 2.16. The number of aliphatic hydroxyl groups excluding tert-OH is 1. The normalized spacial score (nSPS) is 23.5. The van der Waals surface area contributed by atoms with E-state index in [1.165, 1.54) is 0 Å². The van der Waals surface area contributed by atoms with Crippen molar-refractivity contribution in [1.82, 2.24) is 4.90 Å². The Bertz CT molecular complexity index is 452. The van der Waals surface area contributed by atoms with Gasteiger partial charge in [-0.3, -0.25) is 4.79 Å². The van der Waals surface area contributed by atoms with E-state index in [0.717, 1.165) is 11.1 Å². The van der Waals surface area contributed by atoms with Crippen LogP contribution in [0.15, 0.2) is 18.2 Å². The molecule has 1 N–H and O–H groups in total. The third-order valence-electron chi connectivity index (χ3n) is 3.29. The molecular weight excluding hydrogens is 242 g/mol. The fourth-order valence-electron chi connectivity index (χ4n) is 2.59.